The van der Waals surface area contributed by atoms with E-state index in [1.165, 1.54) is 0 Å². The largest absolute Gasteiger partial charge is 0.480 e. The molecule has 0 aliphatic rings. The summed E-state index contributed by atoms with van der Waals surface area (Å²) in [5.41, 5.74) is 5.25. The number of aliphatic carboxylic acids is 1. The van der Waals surface area contributed by atoms with Gasteiger partial charge < -0.3 is 25.2 Å². The van der Waals surface area contributed by atoms with Crippen molar-refractivity contribution in [2.24, 2.45) is 5.73 Å². The summed E-state index contributed by atoms with van der Waals surface area (Å²) in [4.78, 5) is 44.9. The Morgan fingerprint density at radius 1 is 0.865 bits per heavy atom. The van der Waals surface area contributed by atoms with Gasteiger partial charge in [0.15, 0.2) is 6.10 Å². The Kier molecular flexibility index (Phi) is 21.2. The third kappa shape index (κ3) is 22.0. The standard InChI is InChI=1S/C25H46NO10P/c1-3-5-7-9-11-13-14-16-23(27)33-18-21(36-24(28)17-15-12-10-8-6-4-2)19-34-37(31,32)35-20-22(26)25(29)30/h3,21-22H,1,4-20,26H2,2H3,(H,29,30)(H,31,32)/t21-,22+/m0/s1. The van der Waals surface area contributed by atoms with Crippen molar-refractivity contribution in [1.82, 2.24) is 0 Å². The average Bonchev–Trinajstić information content (AvgIpc) is 2.85. The van der Waals surface area contributed by atoms with Gasteiger partial charge in [-0.15, -0.1) is 6.58 Å². The Morgan fingerprint density at radius 3 is 2.00 bits per heavy atom. The predicted octanol–water partition coefficient (Wildman–Crippen LogP) is 4.65. The van der Waals surface area contributed by atoms with E-state index in [0.29, 0.717) is 12.8 Å². The Hall–Kier alpha value is -1.78. The first kappa shape index (κ1) is 35.2. The van der Waals surface area contributed by atoms with Gasteiger partial charge in [-0.1, -0.05) is 64.4 Å². The molecule has 0 amide bonds. The van der Waals surface area contributed by atoms with Gasteiger partial charge >= 0.3 is 25.7 Å². The van der Waals surface area contributed by atoms with Crippen LogP contribution in [0.5, 0.6) is 0 Å². The molecule has 4 N–H and O–H groups in total. The Balaban J connectivity index is 4.63. The van der Waals surface area contributed by atoms with Crippen molar-refractivity contribution in [2.75, 3.05) is 19.8 Å². The second-order valence-electron chi connectivity index (χ2n) is 8.91. The topological polar surface area (TPSA) is 172 Å². The maximum atomic E-state index is 12.3. The lowest BCUT2D eigenvalue weighted by atomic mass is 10.1. The second kappa shape index (κ2) is 22.2. The highest BCUT2D eigenvalue weighted by molar-refractivity contribution is 7.47. The van der Waals surface area contributed by atoms with E-state index >= 15 is 0 Å². The maximum absolute atomic E-state index is 12.3. The number of allylic oxidation sites excluding steroid dienone is 1. The number of esters is 2. The number of carboxylic acids is 1. The van der Waals surface area contributed by atoms with Crippen LogP contribution in [0.3, 0.4) is 0 Å². The number of hydrogen-bond acceptors (Lipinski definition) is 9. The number of hydrogen-bond donors (Lipinski definition) is 3. The number of carboxylic acid groups (broad SMARTS) is 1. The number of nitrogens with two attached hydrogens (primary N) is 1. The van der Waals surface area contributed by atoms with Crippen molar-refractivity contribution in [3.63, 3.8) is 0 Å². The molecular weight excluding hydrogens is 505 g/mol. The third-order valence-electron chi connectivity index (χ3n) is 5.41. The highest BCUT2D eigenvalue weighted by atomic mass is 31.2. The lowest BCUT2D eigenvalue weighted by Gasteiger charge is -2.20. The van der Waals surface area contributed by atoms with Gasteiger partial charge in [0, 0.05) is 12.8 Å². The molecule has 0 aromatic carbocycles. The van der Waals surface area contributed by atoms with Gasteiger partial charge in [0.1, 0.15) is 12.6 Å². The van der Waals surface area contributed by atoms with E-state index in [0.717, 1.165) is 64.2 Å². The molecule has 0 aromatic heterocycles. The molecule has 0 saturated carbocycles. The van der Waals surface area contributed by atoms with Gasteiger partial charge in [0.25, 0.3) is 0 Å². The van der Waals surface area contributed by atoms with Gasteiger partial charge in [-0.3, -0.25) is 23.4 Å². The van der Waals surface area contributed by atoms with E-state index in [4.69, 9.17) is 24.8 Å². The van der Waals surface area contributed by atoms with Gasteiger partial charge in [0.05, 0.1) is 13.2 Å². The molecule has 0 saturated heterocycles. The first-order chi connectivity index (χ1) is 17.6. The van der Waals surface area contributed by atoms with Crippen LogP contribution in [0, 0.1) is 0 Å². The van der Waals surface area contributed by atoms with E-state index < -0.39 is 51.1 Å². The molecule has 0 spiro atoms. The summed E-state index contributed by atoms with van der Waals surface area (Å²) in [5, 5.41) is 8.75. The normalized spacial score (nSPS) is 14.4. The maximum Gasteiger partial charge on any atom is 0.472 e. The van der Waals surface area contributed by atoms with Crippen molar-refractivity contribution in [3.05, 3.63) is 12.7 Å². The quantitative estimate of drug-likeness (QED) is 0.0624. The monoisotopic (exact) mass is 551 g/mol. The average molecular weight is 552 g/mol. The van der Waals surface area contributed by atoms with Crippen LogP contribution in [0.15, 0.2) is 12.7 Å². The summed E-state index contributed by atoms with van der Waals surface area (Å²) in [5.74, 6) is -2.43. The van der Waals surface area contributed by atoms with Gasteiger partial charge in [-0.25, -0.2) is 4.57 Å². The molecule has 1 unspecified atom stereocenters. The van der Waals surface area contributed by atoms with Gasteiger partial charge in [-0.05, 0) is 25.7 Å². The molecule has 0 rings (SSSR count). The Labute approximate surface area is 220 Å². The number of phosphoric acid groups is 1. The van der Waals surface area contributed by atoms with Crippen LogP contribution in [0.2, 0.25) is 0 Å². The molecule has 0 radical (unpaired) electrons. The zero-order chi connectivity index (χ0) is 27.9. The lowest BCUT2D eigenvalue weighted by molar-refractivity contribution is -0.161. The predicted molar refractivity (Wildman–Crippen MR) is 139 cm³/mol. The van der Waals surface area contributed by atoms with E-state index in [9.17, 15) is 23.8 Å². The summed E-state index contributed by atoms with van der Waals surface area (Å²) in [6.45, 7) is 4.11. The SMILES string of the molecule is C=CCCCCCCCC(=O)OC[C@@H](COP(=O)(O)OC[C@@H](N)C(=O)O)OC(=O)CCCCCCCC. The number of phosphoric ester groups is 1. The van der Waals surface area contributed by atoms with Crippen molar-refractivity contribution < 1.29 is 47.5 Å². The number of ether oxygens (including phenoxy) is 2. The Bertz CT molecular complexity index is 703. The van der Waals surface area contributed by atoms with E-state index in [1.54, 1.807) is 0 Å². The molecule has 0 aromatic rings. The summed E-state index contributed by atoms with van der Waals surface area (Å²) in [6.07, 6.45) is 12.7. The van der Waals surface area contributed by atoms with Crippen LogP contribution in [0.4, 0.5) is 0 Å². The number of carbonyl (C=O) groups is 3. The lowest BCUT2D eigenvalue weighted by Crippen LogP contribution is -2.34. The van der Waals surface area contributed by atoms with Gasteiger partial charge in [0.2, 0.25) is 0 Å². The smallest absolute Gasteiger partial charge is 0.472 e. The van der Waals surface area contributed by atoms with E-state index in [-0.39, 0.29) is 19.4 Å². The molecule has 216 valence electrons. The number of unbranched alkanes of at least 4 members (excludes halogenated alkanes) is 10. The molecular formula is C25H46NO10P. The highest BCUT2D eigenvalue weighted by Crippen LogP contribution is 2.43. The Morgan fingerprint density at radius 2 is 1.41 bits per heavy atom. The number of rotatable bonds is 25. The summed E-state index contributed by atoms with van der Waals surface area (Å²) >= 11 is 0. The molecule has 0 aliphatic heterocycles. The van der Waals surface area contributed by atoms with Crippen LogP contribution in [0.25, 0.3) is 0 Å². The van der Waals surface area contributed by atoms with Crippen LogP contribution in [-0.2, 0) is 37.5 Å². The first-order valence-electron chi connectivity index (χ1n) is 13.2. The van der Waals surface area contributed by atoms with Crippen LogP contribution >= 0.6 is 7.82 Å². The fourth-order valence-corrected chi connectivity index (χ4v) is 4.00. The molecule has 0 bridgehead atoms. The first-order valence-corrected chi connectivity index (χ1v) is 14.7. The zero-order valence-electron chi connectivity index (χ0n) is 22.1. The van der Waals surface area contributed by atoms with Crippen LogP contribution in [0.1, 0.15) is 96.8 Å². The summed E-state index contributed by atoms with van der Waals surface area (Å²) in [6, 6.07) is -1.52. The van der Waals surface area contributed by atoms with Crippen LogP contribution in [-0.4, -0.2) is 59.9 Å². The molecule has 0 heterocycles. The highest BCUT2D eigenvalue weighted by Gasteiger charge is 2.28. The summed E-state index contributed by atoms with van der Waals surface area (Å²) < 4.78 is 32.0. The van der Waals surface area contributed by atoms with Crippen molar-refractivity contribution in [1.29, 1.82) is 0 Å². The third-order valence-corrected chi connectivity index (χ3v) is 6.36. The fourth-order valence-electron chi connectivity index (χ4n) is 3.22. The summed E-state index contributed by atoms with van der Waals surface area (Å²) in [7, 11) is -4.68. The molecule has 11 nitrogen and oxygen atoms in total. The minimum atomic E-state index is -4.68. The van der Waals surface area contributed by atoms with E-state index in [1.807, 2.05) is 6.08 Å². The van der Waals surface area contributed by atoms with E-state index in [2.05, 4.69) is 18.0 Å². The molecule has 0 fully saturated rings. The van der Waals surface area contributed by atoms with Crippen molar-refractivity contribution in [2.45, 2.75) is 109 Å². The van der Waals surface area contributed by atoms with Crippen molar-refractivity contribution in [3.8, 4) is 0 Å². The molecule has 37 heavy (non-hydrogen) atoms. The van der Waals surface area contributed by atoms with Crippen molar-refractivity contribution >= 4 is 25.7 Å². The number of carbonyl (C=O) groups excluding carboxylic acids is 2. The fraction of sp³-hybridized carbons (Fsp3) is 0.800. The molecule has 0 aliphatic carbocycles. The minimum Gasteiger partial charge on any atom is -0.480 e. The van der Waals surface area contributed by atoms with Crippen LogP contribution < -0.4 is 5.73 Å². The molecule has 3 atom stereocenters. The second-order valence-corrected chi connectivity index (χ2v) is 10.4. The minimum absolute atomic E-state index is 0.156. The van der Waals surface area contributed by atoms with Gasteiger partial charge in [-0.2, -0.15) is 0 Å². The molecule has 12 heteroatoms. The zero-order valence-corrected chi connectivity index (χ0v) is 23.0.